The van der Waals surface area contributed by atoms with Gasteiger partial charge in [-0.2, -0.15) is 0 Å². The molecule has 2 aromatic rings. The number of aromatic hydroxyl groups is 2. The third kappa shape index (κ3) is 4.11. The highest BCUT2D eigenvalue weighted by Crippen LogP contribution is 2.37. The average Bonchev–Trinajstić information content (AvgIpc) is 2.69. The summed E-state index contributed by atoms with van der Waals surface area (Å²) in [6.07, 6.45) is 0.514. The van der Waals surface area contributed by atoms with Crippen molar-refractivity contribution in [1.29, 1.82) is 0 Å². The van der Waals surface area contributed by atoms with Crippen LogP contribution in [0.2, 0.25) is 0 Å². The Hall–Kier alpha value is -3.06. The van der Waals surface area contributed by atoms with Crippen LogP contribution in [0.4, 0.5) is 0 Å². The standard InChI is InChI=1S/C23H28O7/c1-8-16-14(5)19(22(26)29-10-28-7)12(3)13(4)21(16)30-23(27)18-11(2)9-17(24)15(6)20(18)25/h9,24-25H,8,10H2,1-7H3. The molecule has 2 aromatic carbocycles. The molecule has 0 aliphatic carbocycles. The van der Waals surface area contributed by atoms with Crippen LogP contribution in [-0.4, -0.2) is 36.1 Å². The lowest BCUT2D eigenvalue weighted by Crippen LogP contribution is -2.17. The molecule has 0 bridgehead atoms. The number of aryl methyl sites for hydroxylation is 1. The first-order chi connectivity index (χ1) is 14.1. The smallest absolute Gasteiger partial charge is 0.347 e. The fraction of sp³-hybridized carbons (Fsp3) is 0.391. The summed E-state index contributed by atoms with van der Waals surface area (Å²) >= 11 is 0. The van der Waals surface area contributed by atoms with E-state index < -0.39 is 11.9 Å². The van der Waals surface area contributed by atoms with Gasteiger partial charge in [0.15, 0.2) is 6.79 Å². The highest BCUT2D eigenvalue weighted by Gasteiger charge is 2.26. The fourth-order valence-corrected chi connectivity index (χ4v) is 3.52. The minimum atomic E-state index is -0.737. The number of phenols is 2. The largest absolute Gasteiger partial charge is 0.508 e. The summed E-state index contributed by atoms with van der Waals surface area (Å²) in [7, 11) is 1.43. The summed E-state index contributed by atoms with van der Waals surface area (Å²) in [5, 5.41) is 20.2. The second-order valence-electron chi connectivity index (χ2n) is 7.20. The number of benzene rings is 2. The predicted octanol–water partition coefficient (Wildman–Crippen LogP) is 4.18. The van der Waals surface area contributed by atoms with Crippen LogP contribution in [-0.2, 0) is 15.9 Å². The van der Waals surface area contributed by atoms with Crippen molar-refractivity contribution in [3.63, 3.8) is 0 Å². The summed E-state index contributed by atoms with van der Waals surface area (Å²) in [6, 6.07) is 1.41. The lowest BCUT2D eigenvalue weighted by molar-refractivity contribution is -0.0126. The molecular formula is C23H28O7. The fourth-order valence-electron chi connectivity index (χ4n) is 3.52. The van der Waals surface area contributed by atoms with E-state index in [4.69, 9.17) is 14.2 Å². The van der Waals surface area contributed by atoms with E-state index in [1.807, 2.05) is 6.92 Å². The van der Waals surface area contributed by atoms with Crippen molar-refractivity contribution in [2.75, 3.05) is 13.9 Å². The number of carbonyl (C=O) groups excluding carboxylic acids is 2. The van der Waals surface area contributed by atoms with E-state index in [1.54, 1.807) is 27.7 Å². The van der Waals surface area contributed by atoms with Crippen molar-refractivity contribution in [3.8, 4) is 17.2 Å². The van der Waals surface area contributed by atoms with E-state index in [-0.39, 0.29) is 29.4 Å². The van der Waals surface area contributed by atoms with Gasteiger partial charge in [0, 0.05) is 12.7 Å². The van der Waals surface area contributed by atoms with Crippen LogP contribution < -0.4 is 4.74 Å². The van der Waals surface area contributed by atoms with Crippen molar-refractivity contribution >= 4 is 11.9 Å². The van der Waals surface area contributed by atoms with Crippen LogP contribution in [0.15, 0.2) is 6.07 Å². The van der Waals surface area contributed by atoms with Gasteiger partial charge in [0.2, 0.25) is 0 Å². The van der Waals surface area contributed by atoms with Crippen LogP contribution in [0.1, 0.15) is 61.0 Å². The molecule has 0 unspecified atom stereocenters. The van der Waals surface area contributed by atoms with Gasteiger partial charge in [0.1, 0.15) is 22.8 Å². The molecule has 0 aliphatic rings. The van der Waals surface area contributed by atoms with Gasteiger partial charge >= 0.3 is 11.9 Å². The van der Waals surface area contributed by atoms with Crippen molar-refractivity contribution in [1.82, 2.24) is 0 Å². The molecule has 0 amide bonds. The minimum absolute atomic E-state index is 0.00867. The number of methoxy groups -OCH3 is 1. The molecule has 162 valence electrons. The summed E-state index contributed by atoms with van der Waals surface area (Å²) in [5.41, 5.74) is 3.62. The van der Waals surface area contributed by atoms with Crippen LogP contribution in [0.25, 0.3) is 0 Å². The number of hydrogen-bond donors (Lipinski definition) is 2. The van der Waals surface area contributed by atoms with E-state index in [9.17, 15) is 19.8 Å². The van der Waals surface area contributed by atoms with Gasteiger partial charge in [-0.1, -0.05) is 6.92 Å². The maximum atomic E-state index is 13.0. The Morgan fingerprint density at radius 3 is 2.10 bits per heavy atom. The topological polar surface area (TPSA) is 102 Å². The van der Waals surface area contributed by atoms with E-state index >= 15 is 0 Å². The van der Waals surface area contributed by atoms with Crippen LogP contribution in [0, 0.1) is 34.6 Å². The van der Waals surface area contributed by atoms with Gasteiger partial charge in [0.25, 0.3) is 0 Å². The van der Waals surface area contributed by atoms with E-state index in [0.29, 0.717) is 45.6 Å². The van der Waals surface area contributed by atoms with Gasteiger partial charge in [-0.3, -0.25) is 0 Å². The summed E-state index contributed by atoms with van der Waals surface area (Å²) < 4.78 is 15.7. The lowest BCUT2D eigenvalue weighted by atomic mass is 9.91. The second kappa shape index (κ2) is 9.17. The number of rotatable bonds is 6. The van der Waals surface area contributed by atoms with E-state index in [1.165, 1.54) is 20.1 Å². The Labute approximate surface area is 176 Å². The Bertz CT molecular complexity index is 1010. The molecule has 0 fully saturated rings. The zero-order chi connectivity index (χ0) is 22.7. The van der Waals surface area contributed by atoms with Crippen molar-refractivity contribution in [2.24, 2.45) is 0 Å². The average molecular weight is 416 g/mol. The first-order valence-electron chi connectivity index (χ1n) is 9.59. The Balaban J connectivity index is 2.58. The third-order valence-electron chi connectivity index (χ3n) is 5.37. The first kappa shape index (κ1) is 23.2. The molecule has 30 heavy (non-hydrogen) atoms. The molecule has 0 heterocycles. The maximum absolute atomic E-state index is 13.0. The summed E-state index contributed by atoms with van der Waals surface area (Å²) in [6.45, 7) is 10.2. The van der Waals surface area contributed by atoms with E-state index in [0.717, 1.165) is 0 Å². The molecule has 0 radical (unpaired) electrons. The first-order valence-corrected chi connectivity index (χ1v) is 9.59. The number of phenolic OH excluding ortho intramolecular Hbond substituents is 2. The number of esters is 2. The van der Waals surface area contributed by atoms with Gasteiger partial charge in [-0.25, -0.2) is 9.59 Å². The Kier molecular flexibility index (Phi) is 7.10. The lowest BCUT2D eigenvalue weighted by Gasteiger charge is -2.21. The zero-order valence-corrected chi connectivity index (χ0v) is 18.4. The molecule has 0 saturated carbocycles. The highest BCUT2D eigenvalue weighted by molar-refractivity contribution is 5.98. The van der Waals surface area contributed by atoms with Gasteiger partial charge in [-0.15, -0.1) is 0 Å². The highest BCUT2D eigenvalue weighted by atomic mass is 16.7. The monoisotopic (exact) mass is 416 g/mol. The molecule has 2 rings (SSSR count). The summed E-state index contributed by atoms with van der Waals surface area (Å²) in [4.78, 5) is 25.5. The Morgan fingerprint density at radius 1 is 0.900 bits per heavy atom. The molecule has 0 spiro atoms. The normalized spacial score (nSPS) is 10.8. The SMILES string of the molecule is CCc1c(C)c(C(=O)OCOC)c(C)c(C)c1OC(=O)c1c(C)cc(O)c(C)c1O. The molecule has 7 heteroatoms. The number of carbonyl (C=O) groups is 2. The molecule has 0 atom stereocenters. The Morgan fingerprint density at radius 2 is 1.53 bits per heavy atom. The summed E-state index contributed by atoms with van der Waals surface area (Å²) in [5.74, 6) is -1.31. The molecule has 7 nitrogen and oxygen atoms in total. The third-order valence-corrected chi connectivity index (χ3v) is 5.37. The van der Waals surface area contributed by atoms with Crippen LogP contribution in [0.5, 0.6) is 17.2 Å². The van der Waals surface area contributed by atoms with Crippen LogP contribution in [0.3, 0.4) is 0 Å². The zero-order valence-electron chi connectivity index (χ0n) is 18.4. The molecule has 0 aromatic heterocycles. The van der Waals surface area contributed by atoms with Crippen molar-refractivity contribution in [3.05, 3.63) is 50.6 Å². The van der Waals surface area contributed by atoms with E-state index in [2.05, 4.69) is 0 Å². The van der Waals surface area contributed by atoms with Gasteiger partial charge < -0.3 is 24.4 Å². The van der Waals surface area contributed by atoms with Gasteiger partial charge in [0.05, 0.1) is 5.56 Å². The van der Waals surface area contributed by atoms with Gasteiger partial charge in [-0.05, 0) is 74.9 Å². The molecule has 0 aliphatic heterocycles. The number of ether oxygens (including phenoxy) is 3. The van der Waals surface area contributed by atoms with Crippen LogP contribution >= 0.6 is 0 Å². The number of hydrogen-bond acceptors (Lipinski definition) is 7. The second-order valence-corrected chi connectivity index (χ2v) is 7.20. The molecule has 0 saturated heterocycles. The predicted molar refractivity (Wildman–Crippen MR) is 112 cm³/mol. The molecule has 2 N–H and O–H groups in total. The minimum Gasteiger partial charge on any atom is -0.508 e. The van der Waals surface area contributed by atoms with Crippen molar-refractivity contribution < 1.29 is 34.0 Å². The van der Waals surface area contributed by atoms with Crippen molar-refractivity contribution in [2.45, 2.75) is 48.0 Å². The quantitative estimate of drug-likeness (QED) is 0.414. The maximum Gasteiger partial charge on any atom is 0.347 e. The molecular weight excluding hydrogens is 388 g/mol.